The van der Waals surface area contributed by atoms with Crippen molar-refractivity contribution in [2.24, 2.45) is 4.99 Å². The van der Waals surface area contributed by atoms with Gasteiger partial charge in [-0.05, 0) is 18.9 Å². The first-order valence-corrected chi connectivity index (χ1v) is 8.90. The second-order valence-corrected chi connectivity index (χ2v) is 5.82. The SMILES string of the molecule is CCCCOCCCNC(=NC)N1CCN(c2ncccn2)CC1.I. The monoisotopic (exact) mass is 462 g/mol. The minimum absolute atomic E-state index is 0. The number of aliphatic imine (C=N–C) groups is 1. The van der Waals surface area contributed by atoms with E-state index < -0.39 is 0 Å². The first-order valence-electron chi connectivity index (χ1n) is 8.90. The average Bonchev–Trinajstić information content (AvgIpc) is 2.65. The number of ether oxygens (including phenoxy) is 1. The number of rotatable bonds is 8. The van der Waals surface area contributed by atoms with Crippen molar-refractivity contribution in [3.05, 3.63) is 18.5 Å². The lowest BCUT2D eigenvalue weighted by molar-refractivity contribution is 0.129. The number of hydrogen-bond acceptors (Lipinski definition) is 5. The van der Waals surface area contributed by atoms with Crippen LogP contribution in [0.3, 0.4) is 0 Å². The Hall–Kier alpha value is -1.16. The average molecular weight is 462 g/mol. The molecule has 0 radical (unpaired) electrons. The van der Waals surface area contributed by atoms with E-state index in [1.54, 1.807) is 12.4 Å². The smallest absolute Gasteiger partial charge is 0.225 e. The number of halogens is 1. The zero-order valence-electron chi connectivity index (χ0n) is 15.4. The summed E-state index contributed by atoms with van der Waals surface area (Å²) in [6.45, 7) is 8.41. The van der Waals surface area contributed by atoms with E-state index in [0.29, 0.717) is 0 Å². The van der Waals surface area contributed by atoms with Gasteiger partial charge in [-0.25, -0.2) is 9.97 Å². The van der Waals surface area contributed by atoms with Crippen LogP contribution in [0.25, 0.3) is 0 Å². The van der Waals surface area contributed by atoms with Gasteiger partial charge in [0.2, 0.25) is 5.95 Å². The van der Waals surface area contributed by atoms with Gasteiger partial charge >= 0.3 is 0 Å². The molecule has 1 aliphatic heterocycles. The Morgan fingerprint density at radius 2 is 1.84 bits per heavy atom. The number of nitrogens with zero attached hydrogens (tertiary/aromatic N) is 5. The third kappa shape index (κ3) is 7.72. The standard InChI is InChI=1S/C17H30N6O.HI/c1-3-4-14-24-15-6-9-19-16(18-2)22-10-12-23(13-11-22)17-20-7-5-8-21-17;/h5,7-8H,3-4,6,9-15H2,1-2H3,(H,18,19);1H. The van der Waals surface area contributed by atoms with E-state index in [0.717, 1.165) is 70.7 Å². The maximum absolute atomic E-state index is 5.58. The Labute approximate surface area is 168 Å². The molecule has 142 valence electrons. The Morgan fingerprint density at radius 3 is 2.48 bits per heavy atom. The molecule has 0 unspecified atom stereocenters. The van der Waals surface area contributed by atoms with E-state index >= 15 is 0 Å². The Morgan fingerprint density at radius 1 is 1.16 bits per heavy atom. The van der Waals surface area contributed by atoms with Crippen molar-refractivity contribution in [2.45, 2.75) is 26.2 Å². The van der Waals surface area contributed by atoms with Gasteiger partial charge in [0.1, 0.15) is 0 Å². The first kappa shape index (κ1) is 21.9. The molecule has 1 aromatic heterocycles. The van der Waals surface area contributed by atoms with Crippen LogP contribution in [0.5, 0.6) is 0 Å². The number of aromatic nitrogens is 2. The summed E-state index contributed by atoms with van der Waals surface area (Å²) in [5, 5.41) is 3.43. The van der Waals surface area contributed by atoms with Crippen LogP contribution < -0.4 is 10.2 Å². The van der Waals surface area contributed by atoms with Crippen LogP contribution in [0.4, 0.5) is 5.95 Å². The van der Waals surface area contributed by atoms with Crippen molar-refractivity contribution in [3.63, 3.8) is 0 Å². The number of piperazine rings is 1. The third-order valence-electron chi connectivity index (χ3n) is 4.02. The summed E-state index contributed by atoms with van der Waals surface area (Å²) in [6, 6.07) is 1.84. The van der Waals surface area contributed by atoms with Crippen molar-refractivity contribution in [3.8, 4) is 0 Å². The largest absolute Gasteiger partial charge is 0.381 e. The molecule has 2 rings (SSSR count). The molecule has 7 nitrogen and oxygen atoms in total. The van der Waals surface area contributed by atoms with Gasteiger partial charge in [-0.1, -0.05) is 13.3 Å². The van der Waals surface area contributed by atoms with E-state index in [-0.39, 0.29) is 24.0 Å². The summed E-state index contributed by atoms with van der Waals surface area (Å²) in [5.74, 6) is 1.78. The van der Waals surface area contributed by atoms with Gasteiger partial charge in [0, 0.05) is 65.4 Å². The maximum atomic E-state index is 5.58. The summed E-state index contributed by atoms with van der Waals surface area (Å²) >= 11 is 0. The molecule has 1 aliphatic rings. The molecule has 0 aromatic carbocycles. The molecule has 1 fully saturated rings. The Bertz CT molecular complexity index is 479. The van der Waals surface area contributed by atoms with E-state index in [4.69, 9.17) is 4.74 Å². The summed E-state index contributed by atoms with van der Waals surface area (Å²) in [7, 11) is 1.84. The predicted molar refractivity (Wildman–Crippen MR) is 113 cm³/mol. The zero-order chi connectivity index (χ0) is 17.0. The van der Waals surface area contributed by atoms with Gasteiger partial charge in [0.15, 0.2) is 5.96 Å². The maximum Gasteiger partial charge on any atom is 0.225 e. The van der Waals surface area contributed by atoms with Crippen molar-refractivity contribution >= 4 is 35.9 Å². The lowest BCUT2D eigenvalue weighted by Gasteiger charge is -2.36. The lowest BCUT2D eigenvalue weighted by Crippen LogP contribution is -2.53. The van der Waals surface area contributed by atoms with Crippen LogP contribution in [0.1, 0.15) is 26.2 Å². The quantitative estimate of drug-likeness (QED) is 0.276. The zero-order valence-corrected chi connectivity index (χ0v) is 17.7. The summed E-state index contributed by atoms with van der Waals surface area (Å²) in [6.07, 6.45) is 6.91. The molecular weight excluding hydrogens is 431 g/mol. The highest BCUT2D eigenvalue weighted by Gasteiger charge is 2.20. The number of anilines is 1. The van der Waals surface area contributed by atoms with Gasteiger partial charge in [-0.3, -0.25) is 4.99 Å². The van der Waals surface area contributed by atoms with Crippen LogP contribution in [-0.4, -0.2) is 73.8 Å². The normalized spacial score (nSPS) is 15.0. The minimum Gasteiger partial charge on any atom is -0.381 e. The van der Waals surface area contributed by atoms with E-state index in [2.05, 4.69) is 37.0 Å². The molecule has 1 aromatic rings. The van der Waals surface area contributed by atoms with E-state index in [1.165, 1.54) is 6.42 Å². The van der Waals surface area contributed by atoms with Crippen LogP contribution >= 0.6 is 24.0 Å². The van der Waals surface area contributed by atoms with Crippen molar-refractivity contribution in [1.29, 1.82) is 0 Å². The number of hydrogen-bond donors (Lipinski definition) is 1. The van der Waals surface area contributed by atoms with Crippen LogP contribution in [-0.2, 0) is 4.74 Å². The third-order valence-corrected chi connectivity index (χ3v) is 4.02. The number of nitrogens with one attached hydrogen (secondary N) is 1. The fraction of sp³-hybridized carbons (Fsp3) is 0.706. The molecule has 0 aliphatic carbocycles. The molecule has 0 atom stereocenters. The summed E-state index contributed by atoms with van der Waals surface area (Å²) in [4.78, 5) is 17.5. The Balaban J connectivity index is 0.00000312. The lowest BCUT2D eigenvalue weighted by atomic mass is 10.3. The van der Waals surface area contributed by atoms with Gasteiger partial charge in [-0.15, -0.1) is 24.0 Å². The highest BCUT2D eigenvalue weighted by molar-refractivity contribution is 14.0. The molecule has 25 heavy (non-hydrogen) atoms. The van der Waals surface area contributed by atoms with Gasteiger partial charge in [0.25, 0.3) is 0 Å². The van der Waals surface area contributed by atoms with Crippen LogP contribution in [0.15, 0.2) is 23.5 Å². The molecule has 0 saturated carbocycles. The molecule has 1 saturated heterocycles. The predicted octanol–water partition coefficient (Wildman–Crippen LogP) is 2.00. The van der Waals surface area contributed by atoms with Crippen molar-refractivity contribution in [2.75, 3.05) is 57.9 Å². The molecule has 8 heteroatoms. The molecule has 0 bridgehead atoms. The summed E-state index contributed by atoms with van der Waals surface area (Å²) in [5.41, 5.74) is 0. The molecule has 2 heterocycles. The highest BCUT2D eigenvalue weighted by atomic mass is 127. The van der Waals surface area contributed by atoms with Crippen LogP contribution in [0.2, 0.25) is 0 Å². The number of guanidine groups is 1. The Kier molecular flexibility index (Phi) is 11.5. The molecular formula is C17H31IN6O. The van der Waals surface area contributed by atoms with Gasteiger partial charge in [-0.2, -0.15) is 0 Å². The molecule has 0 amide bonds. The van der Waals surface area contributed by atoms with E-state index in [1.807, 2.05) is 13.1 Å². The first-order chi connectivity index (χ1) is 11.8. The molecule has 0 spiro atoms. The fourth-order valence-corrected chi connectivity index (χ4v) is 2.63. The van der Waals surface area contributed by atoms with Crippen molar-refractivity contribution < 1.29 is 4.74 Å². The second kappa shape index (κ2) is 13.1. The van der Waals surface area contributed by atoms with Gasteiger partial charge < -0.3 is 19.9 Å². The topological polar surface area (TPSA) is 65.9 Å². The second-order valence-electron chi connectivity index (χ2n) is 5.82. The number of unbranched alkanes of at least 4 members (excludes halogenated alkanes) is 1. The van der Waals surface area contributed by atoms with Gasteiger partial charge in [0.05, 0.1) is 0 Å². The van der Waals surface area contributed by atoms with Crippen LogP contribution in [0, 0.1) is 0 Å². The summed E-state index contributed by atoms with van der Waals surface area (Å²) < 4.78 is 5.58. The van der Waals surface area contributed by atoms with Crippen molar-refractivity contribution in [1.82, 2.24) is 20.2 Å². The molecule has 1 N–H and O–H groups in total. The minimum atomic E-state index is 0. The van der Waals surface area contributed by atoms with E-state index in [9.17, 15) is 0 Å². The highest BCUT2D eigenvalue weighted by Crippen LogP contribution is 2.09. The fourth-order valence-electron chi connectivity index (χ4n) is 2.63.